The summed E-state index contributed by atoms with van der Waals surface area (Å²) in [6, 6.07) is 8.41. The molecule has 0 fully saturated rings. The van der Waals surface area contributed by atoms with Crippen LogP contribution in [0.5, 0.6) is 0 Å². The molecule has 0 aromatic heterocycles. The van der Waals surface area contributed by atoms with Crippen molar-refractivity contribution in [1.29, 1.82) is 0 Å². The van der Waals surface area contributed by atoms with Crippen LogP contribution in [0.15, 0.2) is 30.3 Å². The molecule has 0 aliphatic rings. The van der Waals surface area contributed by atoms with E-state index in [1.807, 2.05) is 0 Å². The maximum Gasteiger partial charge on any atom is 0.308 e. The Balaban J connectivity index is 2.71. The molecule has 0 aliphatic carbocycles. The van der Waals surface area contributed by atoms with Gasteiger partial charge in [0.25, 0.3) is 0 Å². The Kier molecular flexibility index (Phi) is 3.55. The summed E-state index contributed by atoms with van der Waals surface area (Å²) in [7, 11) is 0. The number of rotatable bonds is 4. The molecular weight excluding hydrogens is 180 g/mol. The average Bonchev–Trinajstić information content (AvgIpc) is 2.18. The van der Waals surface area contributed by atoms with Crippen molar-refractivity contribution in [2.45, 2.75) is 19.4 Å². The predicted octanol–water partition coefficient (Wildman–Crippen LogP) is 1.67. The Labute approximate surface area is 84.7 Å². The number of carbonyl (C=O) groups excluding carboxylic acids is 1. The lowest BCUT2D eigenvalue weighted by Gasteiger charge is -2.09. The molecule has 0 heterocycles. The van der Waals surface area contributed by atoms with Gasteiger partial charge in [-0.05, 0) is 12.5 Å². The molecule has 3 heteroatoms. The van der Waals surface area contributed by atoms with Gasteiger partial charge in [-0.1, -0.05) is 30.3 Å². The van der Waals surface area contributed by atoms with Gasteiger partial charge in [-0.2, -0.15) is 0 Å². The molecule has 1 rings (SSSR count). The molecule has 0 saturated carbocycles. The van der Waals surface area contributed by atoms with E-state index in [-0.39, 0.29) is 13.0 Å². The Morgan fingerprint density at radius 2 is 2.21 bits per heavy atom. The van der Waals surface area contributed by atoms with E-state index >= 15 is 0 Å². The molecular formula is C11H14O3. The summed E-state index contributed by atoms with van der Waals surface area (Å²) >= 11 is 0. The monoisotopic (exact) mass is 195 g/mol. The summed E-state index contributed by atoms with van der Waals surface area (Å²) in [6.07, 6.45) is -2.27. The lowest BCUT2D eigenvalue weighted by molar-refractivity contribution is -0.145. The van der Waals surface area contributed by atoms with E-state index in [1.165, 1.54) is 0 Å². The van der Waals surface area contributed by atoms with Crippen molar-refractivity contribution < 1.29 is 16.0 Å². The Morgan fingerprint density at radius 1 is 1.57 bits per heavy atom. The summed E-state index contributed by atoms with van der Waals surface area (Å²) in [5.74, 6) is -0.571. The number of hydrogen-bond donors (Lipinski definition) is 1. The van der Waals surface area contributed by atoms with E-state index in [0.29, 0.717) is 5.56 Å². The second kappa shape index (κ2) is 5.40. The first-order valence-electron chi connectivity index (χ1n) is 5.00. The molecule has 14 heavy (non-hydrogen) atoms. The number of aliphatic hydroxyl groups is 1. The molecule has 1 aromatic carbocycles. The minimum absolute atomic E-state index is 0.254. The Morgan fingerprint density at radius 3 is 2.79 bits per heavy atom. The molecule has 0 unspecified atom stereocenters. The van der Waals surface area contributed by atoms with Gasteiger partial charge in [0, 0.05) is 0 Å². The third kappa shape index (κ3) is 3.18. The molecule has 3 nitrogen and oxygen atoms in total. The van der Waals surface area contributed by atoms with Crippen molar-refractivity contribution in [2.75, 3.05) is 6.61 Å². The van der Waals surface area contributed by atoms with Crippen LogP contribution in [0.3, 0.4) is 0 Å². The highest BCUT2D eigenvalue weighted by molar-refractivity contribution is 5.70. The molecule has 1 N–H and O–H groups in total. The van der Waals surface area contributed by atoms with Crippen LogP contribution in [0.2, 0.25) is 0 Å². The topological polar surface area (TPSA) is 46.5 Å². The second-order valence-electron chi connectivity index (χ2n) is 2.79. The van der Waals surface area contributed by atoms with Gasteiger partial charge in [-0.25, -0.2) is 0 Å². The SMILES string of the molecule is [2H][C@](O)(CC(=O)OCC)c1ccccc1. The van der Waals surface area contributed by atoms with Crippen LogP contribution in [0.25, 0.3) is 0 Å². The standard InChI is InChI=1S/C11H14O3/c1-2-14-11(13)8-10(12)9-6-4-3-5-7-9/h3-7,10,12H,2,8H2,1H3/t10-/m0/s1/i10D. The molecule has 0 bridgehead atoms. The minimum atomic E-state index is -1.91. The van der Waals surface area contributed by atoms with Crippen molar-refractivity contribution >= 4 is 5.97 Å². The zero-order valence-electron chi connectivity index (χ0n) is 9.06. The van der Waals surface area contributed by atoms with Crippen molar-refractivity contribution in [3.8, 4) is 0 Å². The molecule has 0 amide bonds. The first-order valence-corrected chi connectivity index (χ1v) is 4.50. The van der Waals surface area contributed by atoms with Crippen molar-refractivity contribution in [3.05, 3.63) is 35.9 Å². The summed E-state index contributed by atoms with van der Waals surface area (Å²) in [5.41, 5.74) is 0.387. The minimum Gasteiger partial charge on any atom is -0.466 e. The predicted molar refractivity (Wildman–Crippen MR) is 52.7 cm³/mol. The first kappa shape index (κ1) is 9.21. The van der Waals surface area contributed by atoms with Crippen LogP contribution < -0.4 is 0 Å². The third-order valence-electron chi connectivity index (χ3n) is 1.72. The van der Waals surface area contributed by atoms with Gasteiger partial charge in [0.2, 0.25) is 0 Å². The molecule has 0 radical (unpaired) electrons. The van der Waals surface area contributed by atoms with Gasteiger partial charge in [0.05, 0.1) is 20.5 Å². The van der Waals surface area contributed by atoms with E-state index in [9.17, 15) is 9.90 Å². The summed E-state index contributed by atoms with van der Waals surface area (Å²) in [4.78, 5) is 11.1. The molecule has 0 aliphatic heterocycles. The highest BCUT2D eigenvalue weighted by atomic mass is 16.5. The van der Waals surface area contributed by atoms with Gasteiger partial charge in [0.15, 0.2) is 0 Å². The van der Waals surface area contributed by atoms with Gasteiger partial charge < -0.3 is 9.84 Å². The van der Waals surface area contributed by atoms with E-state index in [0.717, 1.165) is 0 Å². The first-order chi connectivity index (χ1) is 7.06. The second-order valence-corrected chi connectivity index (χ2v) is 2.79. The lowest BCUT2D eigenvalue weighted by Crippen LogP contribution is -2.09. The van der Waals surface area contributed by atoms with E-state index in [2.05, 4.69) is 4.74 Å². The fourth-order valence-corrected chi connectivity index (χ4v) is 1.08. The molecule has 1 aromatic rings. The maximum atomic E-state index is 11.1. The zero-order valence-corrected chi connectivity index (χ0v) is 8.06. The number of benzene rings is 1. The van der Waals surface area contributed by atoms with Crippen LogP contribution in [0, 0.1) is 0 Å². The van der Waals surface area contributed by atoms with Crippen LogP contribution in [0.1, 0.15) is 26.4 Å². The van der Waals surface area contributed by atoms with Crippen molar-refractivity contribution in [2.24, 2.45) is 0 Å². The number of ether oxygens (including phenoxy) is 1. The fraction of sp³-hybridized carbons (Fsp3) is 0.364. The van der Waals surface area contributed by atoms with Crippen LogP contribution >= 0.6 is 0 Å². The fourth-order valence-electron chi connectivity index (χ4n) is 1.08. The van der Waals surface area contributed by atoms with E-state index in [1.54, 1.807) is 37.3 Å². The summed E-state index contributed by atoms with van der Waals surface area (Å²) in [5, 5.41) is 9.75. The summed E-state index contributed by atoms with van der Waals surface area (Å²) in [6.45, 7) is 1.94. The zero-order chi connectivity index (χ0) is 11.3. The largest absolute Gasteiger partial charge is 0.466 e. The number of carbonyl (C=O) groups is 1. The highest BCUT2D eigenvalue weighted by Crippen LogP contribution is 2.16. The Bertz CT molecular complexity index is 322. The number of hydrogen-bond acceptors (Lipinski definition) is 3. The smallest absolute Gasteiger partial charge is 0.308 e. The normalized spacial score (nSPS) is 15.4. The Hall–Kier alpha value is -1.35. The van der Waals surface area contributed by atoms with Crippen molar-refractivity contribution in [3.63, 3.8) is 0 Å². The molecule has 1 atom stereocenters. The lowest BCUT2D eigenvalue weighted by atomic mass is 10.1. The summed E-state index contributed by atoms with van der Waals surface area (Å²) < 4.78 is 12.3. The highest BCUT2D eigenvalue weighted by Gasteiger charge is 2.12. The van der Waals surface area contributed by atoms with Gasteiger partial charge in [0.1, 0.15) is 0 Å². The van der Waals surface area contributed by atoms with Crippen LogP contribution in [-0.4, -0.2) is 17.7 Å². The molecule has 0 saturated heterocycles. The van der Waals surface area contributed by atoms with Crippen LogP contribution in [0.4, 0.5) is 0 Å². The van der Waals surface area contributed by atoms with Crippen LogP contribution in [-0.2, 0) is 9.53 Å². The van der Waals surface area contributed by atoms with E-state index < -0.39 is 12.0 Å². The van der Waals surface area contributed by atoms with Gasteiger partial charge >= 0.3 is 5.97 Å². The van der Waals surface area contributed by atoms with Gasteiger partial charge in [-0.15, -0.1) is 0 Å². The van der Waals surface area contributed by atoms with Gasteiger partial charge in [-0.3, -0.25) is 4.79 Å². The molecule has 0 spiro atoms. The quantitative estimate of drug-likeness (QED) is 0.743. The third-order valence-corrected chi connectivity index (χ3v) is 1.72. The average molecular weight is 195 g/mol. The maximum absolute atomic E-state index is 11.1. The number of esters is 1. The molecule has 76 valence electrons. The van der Waals surface area contributed by atoms with Crippen molar-refractivity contribution in [1.82, 2.24) is 0 Å². The van der Waals surface area contributed by atoms with E-state index in [4.69, 9.17) is 1.37 Å².